The molecule has 1 unspecified atom stereocenters. The van der Waals surface area contributed by atoms with E-state index in [0.29, 0.717) is 6.07 Å². The van der Waals surface area contributed by atoms with Crippen molar-refractivity contribution in [1.82, 2.24) is 4.90 Å². The van der Waals surface area contributed by atoms with Crippen LogP contribution < -0.4 is 0 Å². The van der Waals surface area contributed by atoms with E-state index in [1.165, 1.54) is 4.90 Å². The maximum absolute atomic E-state index is 14.3. The van der Waals surface area contributed by atoms with Gasteiger partial charge in [0, 0.05) is 18.7 Å². The lowest BCUT2D eigenvalue weighted by Crippen LogP contribution is -2.54. The second kappa shape index (κ2) is 5.78. The van der Waals surface area contributed by atoms with E-state index in [1.54, 1.807) is 13.8 Å². The van der Waals surface area contributed by atoms with Crippen LogP contribution in [-0.4, -0.2) is 29.2 Å². The van der Waals surface area contributed by atoms with Gasteiger partial charge in [-0.3, -0.25) is 0 Å². The monoisotopic (exact) mass is 319 g/mol. The molecule has 1 N–H and O–H groups in total. The summed E-state index contributed by atoms with van der Waals surface area (Å²) >= 11 is 0. The van der Waals surface area contributed by atoms with E-state index in [4.69, 9.17) is 5.11 Å². The van der Waals surface area contributed by atoms with E-state index >= 15 is 0 Å². The minimum Gasteiger partial charge on any atom is -0.465 e. The zero-order valence-corrected chi connectivity index (χ0v) is 12.2. The molecule has 0 aromatic heterocycles. The van der Waals surface area contributed by atoms with Gasteiger partial charge in [-0.15, -0.1) is 0 Å². The van der Waals surface area contributed by atoms with Crippen LogP contribution in [0.15, 0.2) is 12.1 Å². The summed E-state index contributed by atoms with van der Waals surface area (Å²) in [6.45, 7) is 4.08. The summed E-state index contributed by atoms with van der Waals surface area (Å²) in [5, 5.41) is 8.79. The van der Waals surface area contributed by atoms with Gasteiger partial charge in [0.15, 0.2) is 17.5 Å². The lowest BCUT2D eigenvalue weighted by Gasteiger charge is -2.46. The second-order valence-corrected chi connectivity index (χ2v) is 6.31. The van der Waals surface area contributed by atoms with Crippen molar-refractivity contribution in [3.05, 3.63) is 35.1 Å². The first-order valence-corrected chi connectivity index (χ1v) is 6.89. The first-order valence-electron chi connectivity index (χ1n) is 6.89. The molecule has 0 bridgehead atoms. The third kappa shape index (κ3) is 3.03. The fourth-order valence-electron chi connectivity index (χ4n) is 2.65. The van der Waals surface area contributed by atoms with Gasteiger partial charge >= 0.3 is 6.09 Å². The maximum atomic E-state index is 14.3. The molecule has 1 amide bonds. The molecule has 1 aromatic rings. The lowest BCUT2D eigenvalue weighted by molar-refractivity contribution is 0.00652. The van der Waals surface area contributed by atoms with Crippen molar-refractivity contribution in [2.75, 3.05) is 13.1 Å². The van der Waals surface area contributed by atoms with E-state index in [2.05, 4.69) is 0 Å². The van der Waals surface area contributed by atoms with Crippen molar-refractivity contribution < 1.29 is 27.5 Å². The van der Waals surface area contributed by atoms with E-state index in [-0.39, 0.29) is 25.4 Å². The molecule has 1 heterocycles. The molecule has 0 spiro atoms. The standard InChI is InChI=1S/C15H17F4NO2/c1-15(2,8-6-20(7-8)14(21)22)5-11(17)9-3-4-10(16)13(19)12(9)18/h3-4,8,11H,5-7H2,1-2H3,(H,21,22). The van der Waals surface area contributed by atoms with Gasteiger partial charge in [0.05, 0.1) is 0 Å². The highest BCUT2D eigenvalue weighted by atomic mass is 19.2. The number of alkyl halides is 1. The molecule has 7 heteroatoms. The van der Waals surface area contributed by atoms with Gasteiger partial charge in [0.2, 0.25) is 0 Å². The molecule has 0 saturated carbocycles. The second-order valence-electron chi connectivity index (χ2n) is 6.31. The van der Waals surface area contributed by atoms with Crippen molar-refractivity contribution in [3.63, 3.8) is 0 Å². The maximum Gasteiger partial charge on any atom is 0.407 e. The summed E-state index contributed by atoms with van der Waals surface area (Å²) in [5.41, 5.74) is -1.11. The van der Waals surface area contributed by atoms with Crippen molar-refractivity contribution in [2.45, 2.75) is 26.4 Å². The predicted octanol–water partition coefficient (Wildman–Crippen LogP) is 4.14. The molecule has 1 aliphatic rings. The molecule has 22 heavy (non-hydrogen) atoms. The van der Waals surface area contributed by atoms with Gasteiger partial charge in [0.1, 0.15) is 6.17 Å². The molecule has 0 aliphatic carbocycles. The average Bonchev–Trinajstić information content (AvgIpc) is 2.32. The van der Waals surface area contributed by atoms with Crippen molar-refractivity contribution in [2.24, 2.45) is 11.3 Å². The predicted molar refractivity (Wildman–Crippen MR) is 71.7 cm³/mol. The lowest BCUT2D eigenvalue weighted by atomic mass is 9.70. The minimum atomic E-state index is -1.79. The van der Waals surface area contributed by atoms with Crippen LogP contribution in [0.4, 0.5) is 22.4 Å². The Balaban J connectivity index is 2.07. The molecule has 1 fully saturated rings. The molecular weight excluding hydrogens is 302 g/mol. The van der Waals surface area contributed by atoms with Crippen LogP contribution in [0, 0.1) is 28.8 Å². The third-order valence-corrected chi connectivity index (χ3v) is 4.37. The van der Waals surface area contributed by atoms with E-state index in [9.17, 15) is 22.4 Å². The Bertz CT molecular complexity index is 585. The summed E-state index contributed by atoms with van der Waals surface area (Å²) in [4.78, 5) is 11.9. The topological polar surface area (TPSA) is 40.5 Å². The average molecular weight is 319 g/mol. The van der Waals surface area contributed by atoms with Crippen LogP contribution in [0.3, 0.4) is 0 Å². The Labute approximate surface area is 125 Å². The quantitative estimate of drug-likeness (QED) is 0.669. The SMILES string of the molecule is CC(C)(CC(F)c1ccc(F)c(F)c1F)C1CN(C(=O)O)C1. The van der Waals surface area contributed by atoms with E-state index < -0.39 is 40.7 Å². The summed E-state index contributed by atoms with van der Waals surface area (Å²) in [7, 11) is 0. The van der Waals surface area contributed by atoms with Gasteiger partial charge in [-0.05, 0) is 23.8 Å². The first kappa shape index (κ1) is 16.6. The number of rotatable bonds is 4. The van der Waals surface area contributed by atoms with Crippen LogP contribution in [0.1, 0.15) is 32.0 Å². The zero-order chi connectivity index (χ0) is 16.7. The number of nitrogens with zero attached hydrogens (tertiary/aromatic N) is 1. The molecule has 1 aliphatic heterocycles. The van der Waals surface area contributed by atoms with Crippen LogP contribution in [0.2, 0.25) is 0 Å². The Morgan fingerprint density at radius 1 is 1.32 bits per heavy atom. The molecule has 122 valence electrons. The molecule has 1 atom stereocenters. The Morgan fingerprint density at radius 2 is 1.91 bits per heavy atom. The summed E-state index contributed by atoms with van der Waals surface area (Å²) < 4.78 is 54.0. The highest BCUT2D eigenvalue weighted by Crippen LogP contribution is 2.43. The smallest absolute Gasteiger partial charge is 0.407 e. The fraction of sp³-hybridized carbons (Fsp3) is 0.533. The number of benzene rings is 1. The molecule has 1 aromatic carbocycles. The van der Waals surface area contributed by atoms with E-state index in [0.717, 1.165) is 6.07 Å². The molecule has 1 saturated heterocycles. The highest BCUT2D eigenvalue weighted by Gasteiger charge is 2.42. The van der Waals surface area contributed by atoms with E-state index in [1.807, 2.05) is 0 Å². The third-order valence-electron chi connectivity index (χ3n) is 4.37. The zero-order valence-electron chi connectivity index (χ0n) is 12.2. The van der Waals surface area contributed by atoms with Crippen molar-refractivity contribution in [3.8, 4) is 0 Å². The van der Waals surface area contributed by atoms with Gasteiger partial charge in [-0.2, -0.15) is 0 Å². The van der Waals surface area contributed by atoms with Crippen LogP contribution in [0.5, 0.6) is 0 Å². The number of carboxylic acid groups (broad SMARTS) is 1. The number of hydrogen-bond donors (Lipinski definition) is 1. The Morgan fingerprint density at radius 3 is 2.45 bits per heavy atom. The highest BCUT2D eigenvalue weighted by molar-refractivity contribution is 5.66. The number of likely N-dealkylation sites (tertiary alicyclic amines) is 1. The van der Waals surface area contributed by atoms with Gasteiger partial charge in [-0.25, -0.2) is 22.4 Å². The van der Waals surface area contributed by atoms with Gasteiger partial charge < -0.3 is 10.0 Å². The largest absolute Gasteiger partial charge is 0.465 e. The van der Waals surface area contributed by atoms with Gasteiger partial charge in [0.25, 0.3) is 0 Å². The molecule has 2 rings (SSSR count). The summed E-state index contributed by atoms with van der Waals surface area (Å²) in [5.74, 6) is -4.61. The first-order chi connectivity index (χ1) is 10.1. The molecule has 3 nitrogen and oxygen atoms in total. The minimum absolute atomic E-state index is 0.0600. The number of hydrogen-bond acceptors (Lipinski definition) is 1. The normalized spacial score (nSPS) is 17.3. The molecule has 0 radical (unpaired) electrons. The Kier molecular flexibility index (Phi) is 4.35. The number of amides is 1. The summed E-state index contributed by atoms with van der Waals surface area (Å²) in [6.07, 6.45) is -2.92. The van der Waals surface area contributed by atoms with Gasteiger partial charge in [-0.1, -0.05) is 19.9 Å². The fourth-order valence-corrected chi connectivity index (χ4v) is 2.65. The molecular formula is C15H17F4NO2. The van der Waals surface area contributed by atoms with Crippen LogP contribution >= 0.6 is 0 Å². The van der Waals surface area contributed by atoms with Crippen molar-refractivity contribution >= 4 is 6.09 Å². The number of carbonyl (C=O) groups is 1. The number of halogens is 4. The summed E-state index contributed by atoms with van der Waals surface area (Å²) in [6, 6.07) is 1.60. The van der Waals surface area contributed by atoms with Crippen LogP contribution in [0.25, 0.3) is 0 Å². The van der Waals surface area contributed by atoms with Crippen molar-refractivity contribution in [1.29, 1.82) is 0 Å². The Hall–Kier alpha value is -1.79. The van der Waals surface area contributed by atoms with Crippen LogP contribution in [-0.2, 0) is 0 Å².